The molecule has 13 heteroatoms. The van der Waals surface area contributed by atoms with E-state index in [1.165, 1.54) is 13.8 Å². The summed E-state index contributed by atoms with van der Waals surface area (Å²) in [7, 11) is 0. The fourth-order valence-corrected chi connectivity index (χ4v) is 10.8. The van der Waals surface area contributed by atoms with Crippen LogP contribution in [0, 0.1) is 23.2 Å². The molecule has 230 valence electrons. The third-order valence-corrected chi connectivity index (χ3v) is 12.8. The van der Waals surface area contributed by atoms with E-state index in [1.807, 2.05) is 0 Å². The third kappa shape index (κ3) is 2.47. The molecule has 0 aromatic rings. The molecule has 8 aliphatic rings. The molecule has 6 aliphatic heterocycles. The zero-order chi connectivity index (χ0) is 30.3. The molecule has 2 aliphatic carbocycles. The van der Waals surface area contributed by atoms with E-state index in [4.69, 9.17) is 23.7 Å². The van der Waals surface area contributed by atoms with Crippen molar-refractivity contribution in [1.82, 2.24) is 0 Å². The number of ether oxygens (including phenoxy) is 5. The van der Waals surface area contributed by atoms with E-state index in [0.717, 1.165) is 6.92 Å². The van der Waals surface area contributed by atoms with Crippen molar-refractivity contribution in [3.05, 3.63) is 0 Å². The Balaban J connectivity index is 1.35. The van der Waals surface area contributed by atoms with Gasteiger partial charge in [-0.25, -0.2) is 0 Å². The first-order valence-electron chi connectivity index (χ1n) is 14.8. The highest BCUT2D eigenvalue weighted by atomic mass is 16.8. The van der Waals surface area contributed by atoms with Gasteiger partial charge in [0.25, 0.3) is 0 Å². The van der Waals surface area contributed by atoms with Gasteiger partial charge in [-0.2, -0.15) is 0 Å². The molecule has 14 atom stereocenters. The zero-order valence-corrected chi connectivity index (χ0v) is 23.9. The molecule has 13 nitrogen and oxygen atoms in total. The summed E-state index contributed by atoms with van der Waals surface area (Å²) in [4.78, 5) is 54.5. The van der Waals surface area contributed by atoms with Gasteiger partial charge in [-0.15, -0.1) is 0 Å². The van der Waals surface area contributed by atoms with Crippen molar-refractivity contribution >= 4 is 23.5 Å². The predicted molar refractivity (Wildman–Crippen MR) is 133 cm³/mol. The van der Waals surface area contributed by atoms with Gasteiger partial charge in [0.15, 0.2) is 23.1 Å². The van der Waals surface area contributed by atoms with Gasteiger partial charge >= 0.3 is 11.9 Å². The maximum Gasteiger partial charge on any atom is 0.311 e. The Hall–Kier alpha value is -2.00. The minimum atomic E-state index is -2.49. The number of aliphatic hydroxyl groups excluding tert-OH is 1. The summed E-state index contributed by atoms with van der Waals surface area (Å²) in [5.41, 5.74) is -13.0. The summed E-state index contributed by atoms with van der Waals surface area (Å²) in [5, 5.41) is 47.1. The van der Waals surface area contributed by atoms with Gasteiger partial charge in [0, 0.05) is 17.8 Å². The van der Waals surface area contributed by atoms with Crippen LogP contribution < -0.4 is 0 Å². The maximum atomic E-state index is 14.9. The van der Waals surface area contributed by atoms with Crippen molar-refractivity contribution in [2.45, 2.75) is 124 Å². The fourth-order valence-electron chi connectivity index (χ4n) is 10.8. The Morgan fingerprint density at radius 1 is 0.952 bits per heavy atom. The number of fused-ring (bicyclic) bond motifs is 2. The molecule has 0 aromatic carbocycles. The summed E-state index contributed by atoms with van der Waals surface area (Å²) in [6, 6.07) is 0. The van der Waals surface area contributed by atoms with Gasteiger partial charge in [-0.1, -0.05) is 6.92 Å². The highest BCUT2D eigenvalue weighted by Gasteiger charge is 2.92. The lowest BCUT2D eigenvalue weighted by molar-refractivity contribution is -0.371. The average molecular weight is 593 g/mol. The monoisotopic (exact) mass is 592 g/mol. The first-order valence-corrected chi connectivity index (χ1v) is 14.8. The summed E-state index contributed by atoms with van der Waals surface area (Å²) >= 11 is 0. The predicted octanol–water partition coefficient (Wildman–Crippen LogP) is -1.17. The molecule has 0 aromatic heterocycles. The average Bonchev–Trinajstić information content (AvgIpc) is 3.48. The van der Waals surface area contributed by atoms with Gasteiger partial charge in [-0.3, -0.25) is 19.2 Å². The van der Waals surface area contributed by atoms with Gasteiger partial charge in [0.2, 0.25) is 11.6 Å². The zero-order valence-electron chi connectivity index (χ0n) is 23.9. The molecule has 42 heavy (non-hydrogen) atoms. The number of rotatable bonds is 1. The maximum absolute atomic E-state index is 14.9. The SMILES string of the molecule is C[C@@H]1C(=O)O[C@H]2[C@@H]1O[C@]13O[C@@]4(CC[C@]5(C)C(=O)[C@](C)(O)[C@@]2(O)[C@H]15)C[C@]12OC(=O)C[C@H]1O[C@@](C)(CO)[C@@H]2CC[C@@]4(O)C3=O. The molecule has 0 unspecified atom stereocenters. The number of hydrogen-bond donors (Lipinski definition) is 4. The number of Topliss-reactive ketones (excluding diaryl/α,β-unsaturated/α-hetero) is 2. The summed E-state index contributed by atoms with van der Waals surface area (Å²) in [6.07, 6.45) is -3.96. The van der Waals surface area contributed by atoms with Crippen molar-refractivity contribution in [3.63, 3.8) is 0 Å². The van der Waals surface area contributed by atoms with Gasteiger partial charge in [0.05, 0.1) is 30.5 Å². The van der Waals surface area contributed by atoms with E-state index in [-0.39, 0.29) is 45.1 Å². The number of aliphatic hydroxyl groups is 4. The minimum Gasteiger partial charge on any atom is -0.456 e. The molecular formula is C29H36O13. The van der Waals surface area contributed by atoms with Crippen molar-refractivity contribution in [2.24, 2.45) is 23.2 Å². The minimum absolute atomic E-state index is 0.0337. The fraction of sp³-hybridized carbons (Fsp3) is 0.862. The second kappa shape index (κ2) is 7.27. The van der Waals surface area contributed by atoms with E-state index in [9.17, 15) is 39.6 Å². The largest absolute Gasteiger partial charge is 0.456 e. The Kier molecular flexibility index (Phi) is 4.77. The Morgan fingerprint density at radius 2 is 1.67 bits per heavy atom. The van der Waals surface area contributed by atoms with Crippen molar-refractivity contribution in [2.75, 3.05) is 6.61 Å². The van der Waals surface area contributed by atoms with E-state index in [2.05, 4.69) is 0 Å². The van der Waals surface area contributed by atoms with Crippen LogP contribution in [-0.4, -0.2) is 108 Å². The number of carbonyl (C=O) groups is 4. The molecule has 2 bridgehead atoms. The van der Waals surface area contributed by atoms with E-state index in [0.29, 0.717) is 0 Å². The van der Waals surface area contributed by atoms with E-state index in [1.54, 1.807) is 6.92 Å². The lowest BCUT2D eigenvalue weighted by Crippen LogP contribution is -2.75. The number of ketones is 2. The van der Waals surface area contributed by atoms with Crippen LogP contribution in [0.2, 0.25) is 0 Å². The normalized spacial score (nSPS) is 62.4. The second-order valence-electron chi connectivity index (χ2n) is 14.7. The molecule has 0 radical (unpaired) electrons. The van der Waals surface area contributed by atoms with Crippen LogP contribution in [0.5, 0.6) is 0 Å². The van der Waals surface area contributed by atoms with E-state index >= 15 is 0 Å². The third-order valence-electron chi connectivity index (χ3n) is 12.8. The standard InChI is InChI=1S/C29H36O13/c1-12-16-17(38-18(12)32)28(37)19-22(2,20(33)24(28,4)35)7-8-25-10-26-13(23(3,11-30)39-14(26)9-15(31)40-26)5-6-27(25,36)21(34)29(19,41-16)42-25/h12-14,16-17,19,30,35-37H,5-11H2,1-4H3/t12-,13-,14+,16+,17-,19+,22-,23-,24-,25-,26+,27+,28-,29-/m0/s1. The quantitative estimate of drug-likeness (QED) is 0.266. The molecule has 2 saturated carbocycles. The highest BCUT2D eigenvalue weighted by molar-refractivity contribution is 6.03. The topological polar surface area (TPSA) is 195 Å². The molecule has 3 spiro atoms. The first-order chi connectivity index (χ1) is 19.4. The second-order valence-corrected chi connectivity index (χ2v) is 14.7. The molecule has 8 rings (SSSR count). The lowest BCUT2D eigenvalue weighted by Gasteiger charge is -2.54. The summed E-state index contributed by atoms with van der Waals surface area (Å²) in [6.45, 7) is 5.51. The van der Waals surface area contributed by atoms with Crippen molar-refractivity contribution in [1.29, 1.82) is 0 Å². The van der Waals surface area contributed by atoms with Crippen LogP contribution in [0.4, 0.5) is 0 Å². The van der Waals surface area contributed by atoms with Crippen LogP contribution in [0.15, 0.2) is 0 Å². The van der Waals surface area contributed by atoms with Crippen LogP contribution in [-0.2, 0) is 42.9 Å². The Bertz CT molecular complexity index is 1380. The smallest absolute Gasteiger partial charge is 0.311 e. The lowest BCUT2D eigenvalue weighted by atomic mass is 9.58. The Labute approximate surface area is 240 Å². The van der Waals surface area contributed by atoms with Crippen LogP contribution in [0.3, 0.4) is 0 Å². The summed E-state index contributed by atoms with van der Waals surface area (Å²) in [5.74, 6) is -8.46. The first kappa shape index (κ1) is 27.5. The molecule has 8 fully saturated rings. The molecule has 4 N–H and O–H groups in total. The van der Waals surface area contributed by atoms with E-state index < -0.39 is 104 Å². The van der Waals surface area contributed by atoms with Gasteiger partial charge < -0.3 is 44.1 Å². The molecule has 6 heterocycles. The highest BCUT2D eigenvalue weighted by Crippen LogP contribution is 2.73. The Morgan fingerprint density at radius 3 is 2.36 bits per heavy atom. The van der Waals surface area contributed by atoms with Gasteiger partial charge in [0.1, 0.15) is 29.0 Å². The number of carbonyl (C=O) groups excluding carboxylic acids is 4. The van der Waals surface area contributed by atoms with Crippen LogP contribution in [0.1, 0.15) is 66.2 Å². The molecule has 6 saturated heterocycles. The van der Waals surface area contributed by atoms with Crippen molar-refractivity contribution in [3.8, 4) is 0 Å². The number of esters is 2. The molecule has 0 amide bonds. The van der Waals surface area contributed by atoms with Crippen molar-refractivity contribution < 1.29 is 63.3 Å². The summed E-state index contributed by atoms with van der Waals surface area (Å²) < 4.78 is 31.0. The van der Waals surface area contributed by atoms with Crippen LogP contribution >= 0.6 is 0 Å². The van der Waals surface area contributed by atoms with Gasteiger partial charge in [-0.05, 0) is 46.5 Å². The van der Waals surface area contributed by atoms with Crippen LogP contribution in [0.25, 0.3) is 0 Å². The number of hydrogen-bond acceptors (Lipinski definition) is 13. The molecular weight excluding hydrogens is 556 g/mol.